The van der Waals surface area contributed by atoms with E-state index >= 15 is 0 Å². The van der Waals surface area contributed by atoms with Gasteiger partial charge in [0.1, 0.15) is 5.25 Å². The third-order valence-corrected chi connectivity index (χ3v) is 4.24. The molecule has 0 spiro atoms. The second-order valence-electron chi connectivity index (χ2n) is 4.42. The fourth-order valence-electron chi connectivity index (χ4n) is 1.71. The van der Waals surface area contributed by atoms with Gasteiger partial charge in [0.05, 0.1) is 0 Å². The van der Waals surface area contributed by atoms with Crippen LogP contribution in [0, 0.1) is 0 Å². The summed E-state index contributed by atoms with van der Waals surface area (Å²) in [5, 5.41) is 7.79. The molecule has 3 nitrogen and oxygen atoms in total. The lowest BCUT2D eigenvalue weighted by atomic mass is 10.1. The summed E-state index contributed by atoms with van der Waals surface area (Å²) in [5.74, 6) is -1.29. The fraction of sp³-hybridized carbons (Fsp3) is 0.125. The molecule has 1 unspecified atom stereocenters. The molecule has 0 fully saturated rings. The number of hydrogen-bond acceptors (Lipinski definition) is 4. The van der Waals surface area contributed by atoms with E-state index in [1.165, 1.54) is 0 Å². The zero-order chi connectivity index (χ0) is 15.2. The molecular formula is C16H14O3S2. The second-order valence-corrected chi connectivity index (χ2v) is 6.19. The molecular weight excluding hydrogens is 304 g/mol. The predicted octanol–water partition coefficient (Wildman–Crippen LogP) is 3.79. The smallest absolute Gasteiger partial charge is 0.316 e. The van der Waals surface area contributed by atoms with Gasteiger partial charge in [-0.2, -0.15) is 12.6 Å². The molecule has 0 bridgehead atoms. The van der Waals surface area contributed by atoms with Crippen LogP contribution < -0.4 is 0 Å². The Morgan fingerprint density at radius 1 is 1.00 bits per heavy atom. The van der Waals surface area contributed by atoms with Gasteiger partial charge < -0.3 is 5.11 Å². The summed E-state index contributed by atoms with van der Waals surface area (Å²) in [6, 6.07) is 17.1. The van der Waals surface area contributed by atoms with E-state index in [-0.39, 0.29) is 12.2 Å². The Bertz CT molecular complexity index is 624. The number of thiol groups is 1. The van der Waals surface area contributed by atoms with Gasteiger partial charge in [0.2, 0.25) is 0 Å². The quantitative estimate of drug-likeness (QED) is 0.628. The molecule has 0 aromatic heterocycles. The maximum absolute atomic E-state index is 11.9. The highest BCUT2D eigenvalue weighted by Gasteiger charge is 2.17. The SMILES string of the molecule is O=C(CC(S)C(=O)O)c1ccc(Sc2ccccc2)cc1. The lowest BCUT2D eigenvalue weighted by Gasteiger charge is -2.06. The zero-order valence-corrected chi connectivity index (χ0v) is 12.8. The molecule has 0 aliphatic heterocycles. The lowest BCUT2D eigenvalue weighted by Crippen LogP contribution is -2.18. The summed E-state index contributed by atoms with van der Waals surface area (Å²) >= 11 is 5.48. The summed E-state index contributed by atoms with van der Waals surface area (Å²) < 4.78 is 0. The Kier molecular flexibility index (Phi) is 5.47. The number of ketones is 1. The van der Waals surface area contributed by atoms with Crippen molar-refractivity contribution < 1.29 is 14.7 Å². The van der Waals surface area contributed by atoms with Crippen LogP contribution in [-0.4, -0.2) is 22.1 Å². The molecule has 0 saturated heterocycles. The van der Waals surface area contributed by atoms with Crippen molar-refractivity contribution in [1.82, 2.24) is 0 Å². The van der Waals surface area contributed by atoms with Gasteiger partial charge in [-0.05, 0) is 24.3 Å². The van der Waals surface area contributed by atoms with Crippen molar-refractivity contribution >= 4 is 36.1 Å². The number of carbonyl (C=O) groups is 2. The van der Waals surface area contributed by atoms with Crippen molar-refractivity contribution in [2.24, 2.45) is 0 Å². The molecule has 2 aromatic carbocycles. The monoisotopic (exact) mass is 318 g/mol. The van der Waals surface area contributed by atoms with E-state index in [2.05, 4.69) is 12.6 Å². The molecule has 0 aliphatic carbocycles. The molecule has 0 saturated carbocycles. The normalized spacial score (nSPS) is 11.9. The molecule has 0 radical (unpaired) electrons. The second kappa shape index (κ2) is 7.33. The number of carboxylic acids is 1. The third kappa shape index (κ3) is 4.65. The van der Waals surface area contributed by atoms with Gasteiger partial charge in [0, 0.05) is 21.8 Å². The van der Waals surface area contributed by atoms with E-state index < -0.39 is 11.2 Å². The van der Waals surface area contributed by atoms with Crippen LogP contribution >= 0.6 is 24.4 Å². The van der Waals surface area contributed by atoms with Gasteiger partial charge >= 0.3 is 5.97 Å². The van der Waals surface area contributed by atoms with Crippen LogP contribution in [0.5, 0.6) is 0 Å². The first kappa shape index (κ1) is 15.7. The number of rotatable bonds is 6. The maximum Gasteiger partial charge on any atom is 0.316 e. The van der Waals surface area contributed by atoms with Gasteiger partial charge in [-0.3, -0.25) is 9.59 Å². The first-order valence-corrected chi connectivity index (χ1v) is 7.66. The van der Waals surface area contributed by atoms with Crippen molar-refractivity contribution in [2.45, 2.75) is 21.5 Å². The number of benzene rings is 2. The number of carboxylic acid groups (broad SMARTS) is 1. The first-order chi connectivity index (χ1) is 10.1. The minimum Gasteiger partial charge on any atom is -0.480 e. The number of Topliss-reactive ketones (excluding diaryl/α,β-unsaturated/α-hetero) is 1. The highest BCUT2D eigenvalue weighted by molar-refractivity contribution is 7.99. The Hall–Kier alpha value is -1.72. The van der Waals surface area contributed by atoms with Gasteiger partial charge in [0.25, 0.3) is 0 Å². The summed E-state index contributed by atoms with van der Waals surface area (Å²) in [6.07, 6.45) is -0.108. The van der Waals surface area contributed by atoms with Gasteiger partial charge in [-0.25, -0.2) is 0 Å². The largest absolute Gasteiger partial charge is 0.480 e. The van der Waals surface area contributed by atoms with Crippen molar-refractivity contribution in [2.75, 3.05) is 0 Å². The summed E-state index contributed by atoms with van der Waals surface area (Å²) in [7, 11) is 0. The van der Waals surface area contributed by atoms with Crippen LogP contribution in [0.15, 0.2) is 64.4 Å². The molecule has 21 heavy (non-hydrogen) atoms. The number of carbonyl (C=O) groups excluding carboxylic acids is 1. The molecule has 0 amide bonds. The maximum atomic E-state index is 11.9. The minimum absolute atomic E-state index is 0.108. The highest BCUT2D eigenvalue weighted by Crippen LogP contribution is 2.27. The first-order valence-electron chi connectivity index (χ1n) is 6.33. The van der Waals surface area contributed by atoms with Gasteiger partial charge in [-0.1, -0.05) is 42.1 Å². The molecule has 1 N–H and O–H groups in total. The predicted molar refractivity (Wildman–Crippen MR) is 86.4 cm³/mol. The Morgan fingerprint density at radius 2 is 1.57 bits per heavy atom. The number of hydrogen-bond donors (Lipinski definition) is 2. The van der Waals surface area contributed by atoms with Crippen LogP contribution in [-0.2, 0) is 4.79 Å². The van der Waals surface area contributed by atoms with E-state index in [0.717, 1.165) is 9.79 Å². The van der Waals surface area contributed by atoms with Crippen molar-refractivity contribution in [1.29, 1.82) is 0 Å². The minimum atomic E-state index is -1.08. The van der Waals surface area contributed by atoms with Crippen LogP contribution in [0.3, 0.4) is 0 Å². The molecule has 1 atom stereocenters. The van der Waals surface area contributed by atoms with Crippen LogP contribution in [0.2, 0.25) is 0 Å². The third-order valence-electron chi connectivity index (χ3n) is 2.82. The van der Waals surface area contributed by atoms with E-state index in [4.69, 9.17) is 5.11 Å². The van der Waals surface area contributed by atoms with Crippen molar-refractivity contribution in [3.05, 3.63) is 60.2 Å². The fourth-order valence-corrected chi connectivity index (χ4v) is 2.72. The van der Waals surface area contributed by atoms with Crippen LogP contribution in [0.4, 0.5) is 0 Å². The molecule has 5 heteroatoms. The van der Waals surface area contributed by atoms with E-state index in [9.17, 15) is 9.59 Å². The average molecular weight is 318 g/mol. The summed E-state index contributed by atoms with van der Waals surface area (Å²) in [5.41, 5.74) is 0.507. The number of aliphatic carboxylic acids is 1. The van der Waals surface area contributed by atoms with Crippen molar-refractivity contribution in [3.63, 3.8) is 0 Å². The van der Waals surface area contributed by atoms with E-state index in [0.29, 0.717) is 5.56 Å². The van der Waals surface area contributed by atoms with Crippen molar-refractivity contribution in [3.8, 4) is 0 Å². The van der Waals surface area contributed by atoms with E-state index in [1.54, 1.807) is 23.9 Å². The summed E-state index contributed by atoms with van der Waals surface area (Å²) in [6.45, 7) is 0. The van der Waals surface area contributed by atoms with Gasteiger partial charge in [0.15, 0.2) is 5.78 Å². The molecule has 2 rings (SSSR count). The Balaban J connectivity index is 2.02. The van der Waals surface area contributed by atoms with E-state index in [1.807, 2.05) is 42.5 Å². The van der Waals surface area contributed by atoms with Crippen LogP contribution in [0.25, 0.3) is 0 Å². The lowest BCUT2D eigenvalue weighted by molar-refractivity contribution is -0.136. The van der Waals surface area contributed by atoms with Crippen LogP contribution in [0.1, 0.15) is 16.8 Å². The molecule has 108 valence electrons. The average Bonchev–Trinajstić information content (AvgIpc) is 2.48. The molecule has 2 aromatic rings. The Labute approximate surface area is 132 Å². The Morgan fingerprint density at radius 3 is 2.14 bits per heavy atom. The molecule has 0 aliphatic rings. The van der Waals surface area contributed by atoms with Gasteiger partial charge in [-0.15, -0.1) is 0 Å². The molecule has 0 heterocycles. The topological polar surface area (TPSA) is 54.4 Å². The highest BCUT2D eigenvalue weighted by atomic mass is 32.2. The summed E-state index contributed by atoms with van der Waals surface area (Å²) in [4.78, 5) is 24.8. The zero-order valence-electron chi connectivity index (χ0n) is 11.1. The standard InChI is InChI=1S/C16H14O3S2/c17-14(10-15(20)16(18)19)11-6-8-13(9-7-11)21-12-4-2-1-3-5-12/h1-9,15,20H,10H2,(H,18,19).